The smallest absolute Gasteiger partial charge is 0.278 e. The predicted molar refractivity (Wildman–Crippen MR) is 119 cm³/mol. The number of hydrogen-bond donors (Lipinski definition) is 2. The van der Waals surface area contributed by atoms with Crippen LogP contribution in [0.4, 0.5) is 5.82 Å². The summed E-state index contributed by atoms with van der Waals surface area (Å²) >= 11 is 0. The lowest BCUT2D eigenvalue weighted by molar-refractivity contribution is -0.113. The normalized spacial score (nSPS) is 15.0. The number of nitrogens with one attached hydrogen (secondary N) is 1. The minimum atomic E-state index is -3.97. The molecule has 1 aromatic heterocycles. The van der Waals surface area contributed by atoms with Gasteiger partial charge in [0.1, 0.15) is 6.61 Å². The summed E-state index contributed by atoms with van der Waals surface area (Å²) in [5, 5.41) is 16.8. The average molecular weight is 464 g/mol. The molecule has 10 heteroatoms. The van der Waals surface area contributed by atoms with E-state index >= 15 is 0 Å². The number of benzene rings is 1. The zero-order valence-corrected chi connectivity index (χ0v) is 19.2. The number of aliphatic hydroxyl groups excluding tert-OH is 1. The highest BCUT2D eigenvalue weighted by atomic mass is 32.2. The van der Waals surface area contributed by atoms with Gasteiger partial charge in [-0.05, 0) is 18.6 Å². The number of amides is 1. The van der Waals surface area contributed by atoms with Gasteiger partial charge in [-0.15, -0.1) is 0 Å². The maximum absolute atomic E-state index is 12.8. The van der Waals surface area contributed by atoms with Gasteiger partial charge >= 0.3 is 0 Å². The molecular weight excluding hydrogens is 434 g/mol. The summed E-state index contributed by atoms with van der Waals surface area (Å²) in [4.78, 5) is 12.7. The van der Waals surface area contributed by atoms with Crippen LogP contribution in [-0.2, 0) is 26.2 Å². The Morgan fingerprint density at radius 3 is 2.69 bits per heavy atom. The van der Waals surface area contributed by atoms with E-state index in [1.165, 1.54) is 50.9 Å². The van der Waals surface area contributed by atoms with Crippen molar-refractivity contribution in [2.75, 3.05) is 19.0 Å². The fourth-order valence-corrected chi connectivity index (χ4v) is 4.85. The number of ether oxygens (including phenoxy) is 1. The Bertz CT molecular complexity index is 1080. The molecule has 32 heavy (non-hydrogen) atoms. The van der Waals surface area contributed by atoms with Crippen LogP contribution in [0, 0.1) is 0 Å². The van der Waals surface area contributed by atoms with Crippen LogP contribution in [0.5, 0.6) is 0 Å². The summed E-state index contributed by atoms with van der Waals surface area (Å²) in [6, 6.07) is 7.45. The second-order valence-corrected chi connectivity index (χ2v) is 9.56. The number of carbonyl (C=O) groups excluding carboxylic acids is 1. The van der Waals surface area contributed by atoms with Crippen molar-refractivity contribution in [3.05, 3.63) is 47.4 Å². The molecule has 2 aromatic rings. The lowest BCUT2D eigenvalue weighted by atomic mass is 10.1. The summed E-state index contributed by atoms with van der Waals surface area (Å²) in [6.07, 6.45) is 7.02. The second kappa shape index (κ2) is 10.6. The van der Waals surface area contributed by atoms with Crippen LogP contribution in [0.2, 0.25) is 0 Å². The molecule has 1 aliphatic heterocycles. The van der Waals surface area contributed by atoms with Gasteiger partial charge in [0.2, 0.25) is 0 Å². The van der Waals surface area contributed by atoms with Gasteiger partial charge in [0.25, 0.3) is 15.9 Å². The third-order valence-electron chi connectivity index (χ3n) is 5.22. The topological polar surface area (TPSA) is 122 Å². The number of rotatable bonds is 11. The third kappa shape index (κ3) is 5.31. The van der Waals surface area contributed by atoms with E-state index in [0.29, 0.717) is 12.4 Å². The van der Waals surface area contributed by atoms with Crippen molar-refractivity contribution in [1.29, 1.82) is 0 Å². The van der Waals surface area contributed by atoms with Crippen LogP contribution in [-0.4, -0.2) is 42.5 Å². The zero-order chi connectivity index (χ0) is 23.1. The maximum Gasteiger partial charge on any atom is 0.278 e. The van der Waals surface area contributed by atoms with Crippen LogP contribution in [0.3, 0.4) is 0 Å². The molecule has 9 nitrogen and oxygen atoms in total. The van der Waals surface area contributed by atoms with Crippen molar-refractivity contribution < 1.29 is 27.6 Å². The molecule has 0 aliphatic carbocycles. The second-order valence-electron chi connectivity index (χ2n) is 7.62. The Balaban J connectivity index is 1.58. The third-order valence-corrected chi connectivity index (χ3v) is 7.04. The maximum atomic E-state index is 12.8. The molecular formula is C22H29N3O6S. The summed E-state index contributed by atoms with van der Waals surface area (Å²) in [7, 11) is -2.76. The van der Waals surface area contributed by atoms with Gasteiger partial charge in [0.05, 0.1) is 4.90 Å². The van der Waals surface area contributed by atoms with Crippen LogP contribution >= 0.6 is 0 Å². The van der Waals surface area contributed by atoms with Gasteiger partial charge in [-0.1, -0.05) is 56.3 Å². The number of nitrogens with zero attached hydrogens (tertiary/aromatic N) is 2. The molecule has 3 rings (SSSR count). The molecule has 1 aliphatic rings. The van der Waals surface area contributed by atoms with Gasteiger partial charge in [0.15, 0.2) is 23.0 Å². The first-order valence-electron chi connectivity index (χ1n) is 10.7. The van der Waals surface area contributed by atoms with E-state index < -0.39 is 27.4 Å². The number of aromatic nitrogens is 1. The number of hydrogen-bond acceptors (Lipinski definition) is 7. The van der Waals surface area contributed by atoms with Gasteiger partial charge in [-0.25, -0.2) is 8.42 Å². The first kappa shape index (κ1) is 23.8. The van der Waals surface area contributed by atoms with Crippen molar-refractivity contribution >= 4 is 27.5 Å². The Morgan fingerprint density at radius 1 is 1.19 bits per heavy atom. The molecule has 0 unspecified atom stereocenters. The van der Waals surface area contributed by atoms with Crippen LogP contribution < -0.4 is 5.32 Å². The fraction of sp³-hybridized carbons (Fsp3) is 0.455. The average Bonchev–Trinajstić information content (AvgIpc) is 3.21. The Kier molecular flexibility index (Phi) is 7.92. The molecule has 1 amide bonds. The summed E-state index contributed by atoms with van der Waals surface area (Å²) < 4.78 is 36.9. The molecule has 174 valence electrons. The van der Waals surface area contributed by atoms with E-state index in [1.54, 1.807) is 12.1 Å². The van der Waals surface area contributed by atoms with Crippen LogP contribution in [0.15, 0.2) is 45.4 Å². The summed E-state index contributed by atoms with van der Waals surface area (Å²) in [5.41, 5.74) is -0.327. The van der Waals surface area contributed by atoms with Crippen LogP contribution in [0.1, 0.15) is 56.8 Å². The highest BCUT2D eigenvalue weighted by molar-refractivity contribution is 7.89. The Hall–Kier alpha value is -2.85. The van der Waals surface area contributed by atoms with E-state index in [2.05, 4.69) is 17.4 Å². The van der Waals surface area contributed by atoms with E-state index in [9.17, 15) is 18.3 Å². The van der Waals surface area contributed by atoms with Crippen molar-refractivity contribution in [1.82, 2.24) is 9.46 Å². The van der Waals surface area contributed by atoms with E-state index in [-0.39, 0.29) is 22.9 Å². The van der Waals surface area contributed by atoms with Crippen LogP contribution in [0.25, 0.3) is 5.76 Å². The standard InChI is InChI=1S/C22H29N3O6S/c1-3-4-5-6-7-10-13-30-15-16-14-19(24-31-16)23-22(27)20-21(26)17-11-8-9-12-18(17)32(28,29)25(20)2/h8-9,11-12,14,26H,3-7,10,13,15H2,1-2H3,(H,23,24,27). The van der Waals surface area contributed by atoms with E-state index in [1.807, 2.05) is 0 Å². The molecule has 2 heterocycles. The quantitative estimate of drug-likeness (QED) is 0.482. The number of aliphatic hydroxyl groups is 1. The first-order chi connectivity index (χ1) is 15.4. The minimum absolute atomic E-state index is 0.0669. The highest BCUT2D eigenvalue weighted by Gasteiger charge is 2.37. The largest absolute Gasteiger partial charge is 0.505 e. The number of carbonyl (C=O) groups is 1. The molecule has 2 N–H and O–H groups in total. The molecule has 0 bridgehead atoms. The first-order valence-corrected chi connectivity index (χ1v) is 12.2. The van der Waals surface area contributed by atoms with Crippen molar-refractivity contribution in [2.24, 2.45) is 0 Å². The number of anilines is 1. The Morgan fingerprint density at radius 2 is 1.91 bits per heavy atom. The van der Waals surface area contributed by atoms with Gasteiger partial charge in [0, 0.05) is 25.3 Å². The number of likely N-dealkylation sites (N-methyl/N-ethyl adjacent to an activating group) is 1. The molecule has 0 fully saturated rings. The lowest BCUT2D eigenvalue weighted by Gasteiger charge is -2.28. The van der Waals surface area contributed by atoms with Gasteiger partial charge in [-0.3, -0.25) is 9.10 Å². The van der Waals surface area contributed by atoms with E-state index in [0.717, 1.165) is 17.1 Å². The lowest BCUT2D eigenvalue weighted by Crippen LogP contribution is -2.37. The molecule has 0 atom stereocenters. The molecule has 0 spiro atoms. The predicted octanol–water partition coefficient (Wildman–Crippen LogP) is 4.05. The zero-order valence-electron chi connectivity index (χ0n) is 18.3. The fourth-order valence-electron chi connectivity index (χ4n) is 3.45. The number of sulfonamides is 1. The number of fused-ring (bicyclic) bond motifs is 1. The number of unbranched alkanes of at least 4 members (excludes halogenated alkanes) is 5. The highest BCUT2D eigenvalue weighted by Crippen LogP contribution is 2.34. The summed E-state index contributed by atoms with van der Waals surface area (Å²) in [5.74, 6) is -0.727. The van der Waals surface area contributed by atoms with Crippen molar-refractivity contribution in [3.8, 4) is 0 Å². The van der Waals surface area contributed by atoms with Gasteiger partial charge < -0.3 is 19.7 Å². The van der Waals surface area contributed by atoms with E-state index in [4.69, 9.17) is 9.26 Å². The minimum Gasteiger partial charge on any atom is -0.505 e. The SMILES string of the molecule is CCCCCCCCOCc1cc(NC(=O)C2=C(O)c3ccccc3S(=O)(=O)N2C)no1. The van der Waals surface area contributed by atoms with Crippen molar-refractivity contribution in [3.63, 3.8) is 0 Å². The molecule has 0 saturated carbocycles. The monoisotopic (exact) mass is 463 g/mol. The molecule has 0 radical (unpaired) electrons. The van der Waals surface area contributed by atoms with Crippen molar-refractivity contribution in [2.45, 2.75) is 57.0 Å². The molecule has 0 saturated heterocycles. The molecule has 1 aromatic carbocycles. The summed E-state index contributed by atoms with van der Waals surface area (Å²) in [6.45, 7) is 3.01. The van der Waals surface area contributed by atoms with Gasteiger partial charge in [-0.2, -0.15) is 0 Å². The Labute approximate surface area is 188 Å².